The summed E-state index contributed by atoms with van der Waals surface area (Å²) in [6.07, 6.45) is 3.40. The third kappa shape index (κ3) is 2.86. The number of ether oxygens (including phenoxy) is 1. The normalized spacial score (nSPS) is 11.3. The van der Waals surface area contributed by atoms with Gasteiger partial charge in [0.1, 0.15) is 5.75 Å². The summed E-state index contributed by atoms with van der Waals surface area (Å²) in [5.41, 5.74) is 4.55. The zero-order valence-corrected chi connectivity index (χ0v) is 14.7. The number of rotatable bonds is 5. The van der Waals surface area contributed by atoms with Crippen molar-refractivity contribution in [1.29, 1.82) is 0 Å². The Hall–Kier alpha value is -2.81. The largest absolute Gasteiger partial charge is 0.497 e. The number of aromatic nitrogens is 2. The van der Waals surface area contributed by atoms with Gasteiger partial charge in [0.2, 0.25) is 0 Å². The quantitative estimate of drug-likeness (QED) is 0.482. The lowest BCUT2D eigenvalue weighted by Crippen LogP contribution is -1.99. The van der Waals surface area contributed by atoms with E-state index < -0.39 is 0 Å². The van der Waals surface area contributed by atoms with E-state index in [-0.39, 0.29) is 0 Å². The second-order valence-electron chi connectivity index (χ2n) is 6.38. The van der Waals surface area contributed by atoms with Gasteiger partial charge in [-0.25, -0.2) is 4.52 Å². The molecule has 0 atom stereocenters. The minimum atomic E-state index is 0.863. The van der Waals surface area contributed by atoms with Crippen LogP contribution in [-0.4, -0.2) is 16.7 Å². The number of benzene rings is 2. The van der Waals surface area contributed by atoms with E-state index in [4.69, 9.17) is 9.84 Å². The standard InChI is InChI=1S/C22H22N2O/c1-3-4-8-18-14-17-7-5-6-9-20(17)22-15-21(23-24(18)22)16-10-12-19(25-2)13-11-16/h5-7,9-15H,3-4,8H2,1-2H3. The summed E-state index contributed by atoms with van der Waals surface area (Å²) in [4.78, 5) is 0. The number of fused-ring (bicyclic) bond motifs is 3. The Morgan fingerprint density at radius 3 is 2.56 bits per heavy atom. The highest BCUT2D eigenvalue weighted by Gasteiger charge is 2.11. The molecule has 0 aliphatic rings. The van der Waals surface area contributed by atoms with Gasteiger partial charge in [0.15, 0.2) is 0 Å². The average Bonchev–Trinajstić information content (AvgIpc) is 3.12. The Labute approximate surface area is 147 Å². The van der Waals surface area contributed by atoms with Crippen molar-refractivity contribution in [2.24, 2.45) is 0 Å². The Balaban J connectivity index is 1.91. The van der Waals surface area contributed by atoms with E-state index in [2.05, 4.69) is 60.0 Å². The van der Waals surface area contributed by atoms with E-state index in [9.17, 15) is 0 Å². The van der Waals surface area contributed by atoms with Crippen LogP contribution < -0.4 is 4.74 Å². The maximum absolute atomic E-state index is 5.26. The Morgan fingerprint density at radius 2 is 1.80 bits per heavy atom. The summed E-state index contributed by atoms with van der Waals surface area (Å²) < 4.78 is 7.38. The fourth-order valence-electron chi connectivity index (χ4n) is 3.33. The summed E-state index contributed by atoms with van der Waals surface area (Å²) >= 11 is 0. The Morgan fingerprint density at radius 1 is 1.00 bits per heavy atom. The summed E-state index contributed by atoms with van der Waals surface area (Å²) in [6, 6.07) is 21.1. The van der Waals surface area contributed by atoms with Crippen LogP contribution in [0.15, 0.2) is 60.7 Å². The number of aryl methyl sites for hydroxylation is 1. The molecule has 0 aliphatic heterocycles. The first-order valence-electron chi connectivity index (χ1n) is 8.85. The van der Waals surface area contributed by atoms with Gasteiger partial charge in [0.05, 0.1) is 18.3 Å². The minimum absolute atomic E-state index is 0.863. The van der Waals surface area contributed by atoms with Gasteiger partial charge in [-0.05, 0) is 54.6 Å². The van der Waals surface area contributed by atoms with E-state index in [1.165, 1.54) is 34.8 Å². The zero-order valence-electron chi connectivity index (χ0n) is 14.7. The zero-order chi connectivity index (χ0) is 17.2. The maximum atomic E-state index is 5.26. The van der Waals surface area contributed by atoms with E-state index in [1.807, 2.05) is 12.1 Å². The van der Waals surface area contributed by atoms with Gasteiger partial charge in [-0.3, -0.25) is 0 Å². The number of nitrogens with zero attached hydrogens (tertiary/aromatic N) is 2. The minimum Gasteiger partial charge on any atom is -0.497 e. The van der Waals surface area contributed by atoms with Crippen LogP contribution in [0.25, 0.3) is 27.5 Å². The molecular formula is C22H22N2O. The van der Waals surface area contributed by atoms with Gasteiger partial charge in [-0.2, -0.15) is 5.10 Å². The second-order valence-corrected chi connectivity index (χ2v) is 6.38. The van der Waals surface area contributed by atoms with Crippen molar-refractivity contribution in [2.75, 3.05) is 7.11 Å². The van der Waals surface area contributed by atoms with Crippen LogP contribution in [0.5, 0.6) is 5.75 Å². The first-order valence-corrected chi connectivity index (χ1v) is 8.85. The number of methoxy groups -OCH3 is 1. The molecule has 0 N–H and O–H groups in total. The summed E-state index contributed by atoms with van der Waals surface area (Å²) in [5, 5.41) is 7.44. The molecule has 0 fully saturated rings. The smallest absolute Gasteiger partial charge is 0.118 e. The van der Waals surface area contributed by atoms with Crippen LogP contribution in [0.4, 0.5) is 0 Å². The van der Waals surface area contributed by atoms with Gasteiger partial charge in [0.25, 0.3) is 0 Å². The number of hydrogen-bond donors (Lipinski definition) is 0. The number of unbranched alkanes of at least 4 members (excludes halogenated alkanes) is 1. The molecule has 25 heavy (non-hydrogen) atoms. The van der Waals surface area contributed by atoms with Crippen LogP contribution in [0, 0.1) is 0 Å². The molecule has 2 aromatic carbocycles. The van der Waals surface area contributed by atoms with E-state index >= 15 is 0 Å². The average molecular weight is 330 g/mol. The van der Waals surface area contributed by atoms with Gasteiger partial charge in [0, 0.05) is 16.6 Å². The molecule has 0 spiro atoms. The molecule has 0 amide bonds. The summed E-state index contributed by atoms with van der Waals surface area (Å²) in [6.45, 7) is 2.23. The molecule has 4 aromatic rings. The molecule has 0 unspecified atom stereocenters. The van der Waals surface area contributed by atoms with Crippen molar-refractivity contribution in [2.45, 2.75) is 26.2 Å². The molecule has 2 heterocycles. The van der Waals surface area contributed by atoms with Crippen molar-refractivity contribution in [3.8, 4) is 17.0 Å². The predicted octanol–water partition coefficient (Wildman–Crippen LogP) is 5.51. The van der Waals surface area contributed by atoms with E-state index in [0.29, 0.717) is 0 Å². The van der Waals surface area contributed by atoms with Crippen molar-refractivity contribution in [3.05, 3.63) is 66.4 Å². The molecule has 0 bridgehead atoms. The monoisotopic (exact) mass is 330 g/mol. The van der Waals surface area contributed by atoms with Crippen molar-refractivity contribution in [1.82, 2.24) is 9.61 Å². The van der Waals surface area contributed by atoms with Crippen LogP contribution >= 0.6 is 0 Å². The Kier molecular flexibility index (Phi) is 4.14. The predicted molar refractivity (Wildman–Crippen MR) is 103 cm³/mol. The number of hydrogen-bond acceptors (Lipinski definition) is 2. The molecule has 126 valence electrons. The van der Waals surface area contributed by atoms with Crippen LogP contribution in [0.2, 0.25) is 0 Å². The van der Waals surface area contributed by atoms with Crippen molar-refractivity contribution < 1.29 is 4.74 Å². The molecule has 0 radical (unpaired) electrons. The molecular weight excluding hydrogens is 308 g/mol. The summed E-state index contributed by atoms with van der Waals surface area (Å²) in [7, 11) is 1.69. The third-order valence-electron chi connectivity index (χ3n) is 4.71. The molecule has 3 nitrogen and oxygen atoms in total. The van der Waals surface area contributed by atoms with Gasteiger partial charge in [-0.1, -0.05) is 37.6 Å². The lowest BCUT2D eigenvalue weighted by Gasteiger charge is -2.08. The summed E-state index contributed by atoms with van der Waals surface area (Å²) in [5.74, 6) is 0.863. The fourth-order valence-corrected chi connectivity index (χ4v) is 3.33. The van der Waals surface area contributed by atoms with Crippen LogP contribution in [0.1, 0.15) is 25.5 Å². The van der Waals surface area contributed by atoms with Gasteiger partial charge in [-0.15, -0.1) is 0 Å². The first-order chi connectivity index (χ1) is 12.3. The van der Waals surface area contributed by atoms with Crippen molar-refractivity contribution >= 4 is 16.3 Å². The highest BCUT2D eigenvalue weighted by atomic mass is 16.5. The topological polar surface area (TPSA) is 26.5 Å². The first kappa shape index (κ1) is 15.7. The highest BCUT2D eigenvalue weighted by Crippen LogP contribution is 2.28. The van der Waals surface area contributed by atoms with Crippen LogP contribution in [-0.2, 0) is 6.42 Å². The van der Waals surface area contributed by atoms with Crippen molar-refractivity contribution in [3.63, 3.8) is 0 Å². The maximum Gasteiger partial charge on any atom is 0.118 e. The molecule has 3 heteroatoms. The molecule has 2 aromatic heterocycles. The number of pyridine rings is 1. The van der Waals surface area contributed by atoms with Gasteiger partial charge >= 0.3 is 0 Å². The third-order valence-corrected chi connectivity index (χ3v) is 4.71. The molecule has 0 saturated heterocycles. The molecule has 0 aliphatic carbocycles. The highest BCUT2D eigenvalue weighted by molar-refractivity contribution is 5.97. The Bertz CT molecular complexity index is 1020. The second kappa shape index (κ2) is 6.60. The van der Waals surface area contributed by atoms with Gasteiger partial charge < -0.3 is 4.74 Å². The SMILES string of the molecule is CCCCc1cc2ccccc2c2cc(-c3ccc(OC)cc3)nn12. The fraction of sp³-hybridized carbons (Fsp3) is 0.227. The lowest BCUT2D eigenvalue weighted by atomic mass is 10.1. The molecule has 0 saturated carbocycles. The lowest BCUT2D eigenvalue weighted by molar-refractivity contribution is 0.415. The van der Waals surface area contributed by atoms with Crippen LogP contribution in [0.3, 0.4) is 0 Å². The van der Waals surface area contributed by atoms with E-state index in [1.54, 1.807) is 7.11 Å². The van der Waals surface area contributed by atoms with E-state index in [0.717, 1.165) is 23.4 Å². The molecule has 4 rings (SSSR count).